The SMILES string of the molecule is [Br-].c1ccc(C[P+](c2ccccc2)(c2ccccc2)c2ccc3ccccc3c2-c2c(P(c3ccccc3)c3ccccc3)ccc3ccccc23)cc1. The first kappa shape index (κ1) is 35.8. The Balaban J connectivity index is 0.00000413. The number of hydrogen-bond donors (Lipinski definition) is 0. The number of fused-ring (bicyclic) bond motifs is 2. The average molecular weight is 794 g/mol. The van der Waals surface area contributed by atoms with E-state index in [4.69, 9.17) is 0 Å². The minimum atomic E-state index is -2.35. The van der Waals surface area contributed by atoms with Crippen LogP contribution in [-0.2, 0) is 6.16 Å². The molecule has 9 aromatic carbocycles. The lowest BCUT2D eigenvalue weighted by Gasteiger charge is -2.32. The van der Waals surface area contributed by atoms with Gasteiger partial charge in [0.05, 0.1) is 6.16 Å². The van der Waals surface area contributed by atoms with Crippen LogP contribution in [0.4, 0.5) is 0 Å². The van der Waals surface area contributed by atoms with Crippen molar-refractivity contribution in [3.63, 3.8) is 0 Å². The highest BCUT2D eigenvalue weighted by atomic mass is 79.9. The first-order chi connectivity index (χ1) is 26.3. The van der Waals surface area contributed by atoms with Gasteiger partial charge >= 0.3 is 0 Å². The number of halogens is 1. The Labute approximate surface area is 331 Å². The van der Waals surface area contributed by atoms with Gasteiger partial charge in [-0.2, -0.15) is 0 Å². The molecule has 260 valence electrons. The molecule has 54 heavy (non-hydrogen) atoms. The van der Waals surface area contributed by atoms with E-state index in [0.29, 0.717) is 0 Å². The van der Waals surface area contributed by atoms with E-state index in [2.05, 4.69) is 224 Å². The first-order valence-electron chi connectivity index (χ1n) is 18.3. The van der Waals surface area contributed by atoms with Crippen molar-refractivity contribution in [2.45, 2.75) is 6.16 Å². The third-order valence-corrected chi connectivity index (χ3v) is 17.3. The third-order valence-electron chi connectivity index (χ3n) is 10.4. The van der Waals surface area contributed by atoms with E-state index in [-0.39, 0.29) is 17.0 Å². The van der Waals surface area contributed by atoms with Crippen molar-refractivity contribution in [1.29, 1.82) is 0 Å². The van der Waals surface area contributed by atoms with Crippen LogP contribution in [0.2, 0.25) is 0 Å². The van der Waals surface area contributed by atoms with E-state index in [0.717, 1.165) is 6.16 Å². The Morgan fingerprint density at radius 3 is 1.28 bits per heavy atom. The van der Waals surface area contributed by atoms with Crippen LogP contribution in [-0.4, -0.2) is 0 Å². The predicted molar refractivity (Wildman–Crippen MR) is 234 cm³/mol. The monoisotopic (exact) mass is 792 g/mol. The van der Waals surface area contributed by atoms with Gasteiger partial charge < -0.3 is 17.0 Å². The smallest absolute Gasteiger partial charge is 0.117 e. The maximum atomic E-state index is 2.49. The lowest BCUT2D eigenvalue weighted by molar-refractivity contribution is -0.00000986. The van der Waals surface area contributed by atoms with Gasteiger partial charge in [-0.05, 0) is 81.3 Å². The van der Waals surface area contributed by atoms with Crippen LogP contribution in [0.15, 0.2) is 224 Å². The van der Waals surface area contributed by atoms with Gasteiger partial charge in [-0.25, -0.2) is 0 Å². The summed E-state index contributed by atoms with van der Waals surface area (Å²) in [5, 5.41) is 13.4. The summed E-state index contributed by atoms with van der Waals surface area (Å²) in [6, 6.07) is 84.0. The molecule has 0 amide bonds. The van der Waals surface area contributed by atoms with Crippen molar-refractivity contribution in [2.75, 3.05) is 0 Å². The highest BCUT2D eigenvalue weighted by Crippen LogP contribution is 2.61. The third kappa shape index (κ3) is 6.63. The van der Waals surface area contributed by atoms with Gasteiger partial charge in [0.2, 0.25) is 0 Å². The van der Waals surface area contributed by atoms with Gasteiger partial charge in [-0.1, -0.05) is 194 Å². The highest BCUT2D eigenvalue weighted by molar-refractivity contribution is 7.95. The van der Waals surface area contributed by atoms with Crippen LogP contribution < -0.4 is 48.8 Å². The summed E-state index contributed by atoms with van der Waals surface area (Å²) < 4.78 is 0. The van der Waals surface area contributed by atoms with Crippen molar-refractivity contribution in [1.82, 2.24) is 0 Å². The topological polar surface area (TPSA) is 0 Å². The fourth-order valence-corrected chi connectivity index (χ4v) is 15.0. The van der Waals surface area contributed by atoms with E-state index in [1.165, 1.54) is 70.1 Å². The molecule has 9 aromatic rings. The summed E-state index contributed by atoms with van der Waals surface area (Å²) in [4.78, 5) is 0. The van der Waals surface area contributed by atoms with Crippen molar-refractivity contribution in [3.8, 4) is 11.1 Å². The second-order valence-electron chi connectivity index (χ2n) is 13.5. The summed E-state index contributed by atoms with van der Waals surface area (Å²) in [6.07, 6.45) is 0.916. The van der Waals surface area contributed by atoms with Crippen molar-refractivity contribution in [2.24, 2.45) is 0 Å². The second-order valence-corrected chi connectivity index (χ2v) is 19.1. The van der Waals surface area contributed by atoms with Gasteiger partial charge in [0, 0.05) is 11.1 Å². The van der Waals surface area contributed by atoms with E-state index in [1.807, 2.05) is 0 Å². The molecular weight excluding hydrogens is 754 g/mol. The Hall–Kier alpha value is -5.16. The van der Waals surface area contributed by atoms with E-state index < -0.39 is 15.2 Å². The van der Waals surface area contributed by atoms with Crippen LogP contribution in [0.5, 0.6) is 0 Å². The summed E-state index contributed by atoms with van der Waals surface area (Å²) >= 11 is 0. The quantitative estimate of drug-likeness (QED) is 0.131. The predicted octanol–water partition coefficient (Wildman–Crippen LogP) is 7.92. The van der Waals surface area contributed by atoms with Crippen LogP contribution in [0, 0.1) is 0 Å². The zero-order valence-electron chi connectivity index (χ0n) is 29.8. The van der Waals surface area contributed by atoms with Gasteiger partial charge in [0.1, 0.15) is 23.2 Å². The molecule has 0 aliphatic heterocycles. The Morgan fingerprint density at radius 1 is 0.352 bits per heavy atom. The lowest BCUT2D eigenvalue weighted by atomic mass is 9.93. The van der Waals surface area contributed by atoms with E-state index in [1.54, 1.807) is 0 Å². The van der Waals surface area contributed by atoms with Crippen LogP contribution in [0.25, 0.3) is 32.7 Å². The molecule has 9 rings (SSSR count). The minimum Gasteiger partial charge on any atom is -1.00 e. The van der Waals surface area contributed by atoms with Gasteiger partial charge in [0.25, 0.3) is 0 Å². The Morgan fingerprint density at radius 2 is 0.759 bits per heavy atom. The van der Waals surface area contributed by atoms with Gasteiger partial charge in [0.15, 0.2) is 0 Å². The maximum absolute atomic E-state index is 2.49. The molecule has 0 spiro atoms. The number of rotatable bonds is 9. The molecule has 0 nitrogen and oxygen atoms in total. The largest absolute Gasteiger partial charge is 1.00 e. The molecular formula is C51H39BrP2. The summed E-state index contributed by atoms with van der Waals surface area (Å²) in [5.74, 6) is 0. The molecule has 0 atom stereocenters. The average Bonchev–Trinajstić information content (AvgIpc) is 3.24. The molecule has 3 heteroatoms. The van der Waals surface area contributed by atoms with Crippen LogP contribution in [0.3, 0.4) is 0 Å². The lowest BCUT2D eigenvalue weighted by Crippen LogP contribution is -3.00. The fraction of sp³-hybridized carbons (Fsp3) is 0.0196. The molecule has 0 saturated carbocycles. The first-order valence-corrected chi connectivity index (χ1v) is 21.6. The Bertz CT molecular complexity index is 2550. The zero-order chi connectivity index (χ0) is 35.5. The number of benzene rings is 9. The molecule has 0 radical (unpaired) electrons. The van der Waals surface area contributed by atoms with Crippen molar-refractivity contribution >= 4 is 68.6 Å². The molecule has 0 aliphatic carbocycles. The molecule has 0 aromatic heterocycles. The normalized spacial score (nSPS) is 11.4. The summed E-state index contributed by atoms with van der Waals surface area (Å²) in [7, 11) is -3.26. The molecule has 0 saturated heterocycles. The molecule has 0 bridgehead atoms. The minimum absolute atomic E-state index is 0. The molecule has 0 fully saturated rings. The standard InChI is InChI=1S/C51H39P2.BrH/c1-6-20-39(21-7-1)38-53(44-28-12-4-13-29-44,45-30-14-5-15-31-45)49-37-35-41-23-17-19-33-47(41)51(49)50-46-32-18-16-22-40(46)34-36-48(50)52(42-24-8-2-9-25-42)43-26-10-3-11-27-43;/h1-37H,38H2;1H/q+1;/p-1. The fourth-order valence-electron chi connectivity index (χ4n) is 8.05. The maximum Gasteiger partial charge on any atom is 0.117 e. The number of hydrogen-bond acceptors (Lipinski definition) is 0. The van der Waals surface area contributed by atoms with Gasteiger partial charge in [-0.3, -0.25) is 0 Å². The zero-order valence-corrected chi connectivity index (χ0v) is 33.2. The summed E-state index contributed by atoms with van der Waals surface area (Å²) in [5.41, 5.74) is 4.05. The van der Waals surface area contributed by atoms with Gasteiger partial charge in [-0.15, -0.1) is 0 Å². The molecule has 0 N–H and O–H groups in total. The van der Waals surface area contributed by atoms with E-state index in [9.17, 15) is 0 Å². The van der Waals surface area contributed by atoms with Crippen molar-refractivity contribution in [3.05, 3.63) is 230 Å². The summed E-state index contributed by atoms with van der Waals surface area (Å²) in [6.45, 7) is 0. The van der Waals surface area contributed by atoms with Crippen LogP contribution >= 0.6 is 15.2 Å². The molecule has 0 aliphatic rings. The van der Waals surface area contributed by atoms with Crippen molar-refractivity contribution < 1.29 is 17.0 Å². The van der Waals surface area contributed by atoms with E-state index >= 15 is 0 Å². The highest BCUT2D eigenvalue weighted by Gasteiger charge is 2.48. The second kappa shape index (κ2) is 16.1. The Kier molecular flexibility index (Phi) is 10.7. The molecule has 0 heterocycles. The molecule has 0 unspecified atom stereocenters. The van der Waals surface area contributed by atoms with Crippen LogP contribution in [0.1, 0.15) is 5.56 Å².